The molecule has 2 atom stereocenters. The van der Waals surface area contributed by atoms with Gasteiger partial charge in [0.25, 0.3) is 0 Å². The highest BCUT2D eigenvalue weighted by atomic mass is 16.5. The summed E-state index contributed by atoms with van der Waals surface area (Å²) in [6, 6.07) is 4.28. The zero-order chi connectivity index (χ0) is 14.1. The fraction of sp³-hybridized carbons (Fsp3) is 0.562. The highest BCUT2D eigenvalue weighted by molar-refractivity contribution is 5.79. The molecule has 1 aromatic rings. The monoisotopic (exact) mass is 275 g/mol. The number of carbonyl (C=O) groups excluding carboxylic acids is 1. The quantitative estimate of drug-likeness (QED) is 0.876. The molecule has 0 saturated heterocycles. The lowest BCUT2D eigenvalue weighted by Gasteiger charge is -2.15. The Labute approximate surface area is 119 Å². The number of carbonyl (C=O) groups is 1. The van der Waals surface area contributed by atoms with Crippen molar-refractivity contribution in [3.05, 3.63) is 28.8 Å². The molecule has 2 aliphatic rings. The summed E-state index contributed by atoms with van der Waals surface area (Å²) in [4.78, 5) is 11.4. The van der Waals surface area contributed by atoms with Gasteiger partial charge < -0.3 is 15.2 Å². The van der Waals surface area contributed by atoms with Crippen molar-refractivity contribution in [2.75, 3.05) is 13.2 Å². The van der Waals surface area contributed by atoms with Gasteiger partial charge >= 0.3 is 0 Å². The number of ether oxygens (including phenoxy) is 1. The predicted molar refractivity (Wildman–Crippen MR) is 76.0 cm³/mol. The van der Waals surface area contributed by atoms with Crippen LogP contribution in [0.2, 0.25) is 0 Å². The number of benzene rings is 1. The first-order valence-corrected chi connectivity index (χ1v) is 7.40. The average Bonchev–Trinajstić information content (AvgIpc) is 3.03. The molecule has 1 amide bonds. The van der Waals surface area contributed by atoms with Gasteiger partial charge in [0.15, 0.2) is 0 Å². The van der Waals surface area contributed by atoms with Crippen LogP contribution in [0.3, 0.4) is 0 Å². The van der Waals surface area contributed by atoms with Gasteiger partial charge in [-0.1, -0.05) is 6.07 Å². The van der Waals surface area contributed by atoms with Crippen molar-refractivity contribution in [3.63, 3.8) is 0 Å². The average molecular weight is 275 g/mol. The molecule has 1 aliphatic heterocycles. The van der Waals surface area contributed by atoms with E-state index in [4.69, 9.17) is 9.84 Å². The van der Waals surface area contributed by atoms with E-state index in [2.05, 4.69) is 17.4 Å². The van der Waals surface area contributed by atoms with E-state index in [9.17, 15) is 4.79 Å². The third-order valence-electron chi connectivity index (χ3n) is 4.36. The minimum atomic E-state index is -0.927. The van der Waals surface area contributed by atoms with E-state index in [0.29, 0.717) is 12.5 Å². The minimum absolute atomic E-state index is 0.287. The Hall–Kier alpha value is -1.55. The van der Waals surface area contributed by atoms with Crippen molar-refractivity contribution in [2.24, 2.45) is 0 Å². The van der Waals surface area contributed by atoms with E-state index in [-0.39, 0.29) is 5.91 Å². The SMILES string of the molecule is C[C@H](O)C(=O)NCC[C@@H]1CCc2ccc3c(c21)CCO3. The van der Waals surface area contributed by atoms with Crippen LogP contribution < -0.4 is 10.1 Å². The maximum Gasteiger partial charge on any atom is 0.248 e. The number of rotatable bonds is 4. The molecule has 4 nitrogen and oxygen atoms in total. The summed E-state index contributed by atoms with van der Waals surface area (Å²) in [5.74, 6) is 1.27. The largest absolute Gasteiger partial charge is 0.493 e. The Bertz CT molecular complexity index is 525. The lowest BCUT2D eigenvalue weighted by atomic mass is 9.92. The molecule has 0 spiro atoms. The fourth-order valence-electron chi connectivity index (χ4n) is 3.36. The molecule has 4 heteroatoms. The Morgan fingerprint density at radius 2 is 2.35 bits per heavy atom. The summed E-state index contributed by atoms with van der Waals surface area (Å²) < 4.78 is 5.64. The zero-order valence-electron chi connectivity index (χ0n) is 11.8. The first-order valence-electron chi connectivity index (χ1n) is 7.40. The van der Waals surface area contributed by atoms with E-state index in [1.54, 1.807) is 0 Å². The van der Waals surface area contributed by atoms with Crippen molar-refractivity contribution in [1.82, 2.24) is 5.32 Å². The van der Waals surface area contributed by atoms with Crippen LogP contribution in [0.4, 0.5) is 0 Å². The molecule has 0 fully saturated rings. The lowest BCUT2D eigenvalue weighted by molar-refractivity contribution is -0.128. The van der Waals surface area contributed by atoms with E-state index in [1.807, 2.05) is 0 Å². The topological polar surface area (TPSA) is 58.6 Å². The Morgan fingerprint density at radius 3 is 3.15 bits per heavy atom. The van der Waals surface area contributed by atoms with Crippen LogP contribution in [0.25, 0.3) is 0 Å². The standard InChI is InChI=1S/C16H21NO3/c1-10(18)16(19)17-8-6-12-3-2-11-4-5-14-13(15(11)12)7-9-20-14/h4-5,10,12,18H,2-3,6-9H2,1H3,(H,17,19)/t10-,12-/m0/s1. The number of aryl methyl sites for hydroxylation is 1. The van der Waals surface area contributed by atoms with Crippen molar-refractivity contribution >= 4 is 5.91 Å². The van der Waals surface area contributed by atoms with Gasteiger partial charge in [0.1, 0.15) is 11.9 Å². The maximum absolute atomic E-state index is 11.4. The van der Waals surface area contributed by atoms with Crippen molar-refractivity contribution in [3.8, 4) is 5.75 Å². The van der Waals surface area contributed by atoms with Gasteiger partial charge in [-0.3, -0.25) is 4.79 Å². The van der Waals surface area contributed by atoms with Crippen LogP contribution in [0.5, 0.6) is 5.75 Å². The second-order valence-corrected chi connectivity index (χ2v) is 5.70. The van der Waals surface area contributed by atoms with E-state index >= 15 is 0 Å². The summed E-state index contributed by atoms with van der Waals surface area (Å²) in [6.07, 6.45) is 3.29. The molecule has 0 unspecified atom stereocenters. The third-order valence-corrected chi connectivity index (χ3v) is 4.36. The van der Waals surface area contributed by atoms with Crippen LogP contribution >= 0.6 is 0 Å². The highest BCUT2D eigenvalue weighted by Gasteiger charge is 2.29. The van der Waals surface area contributed by atoms with Gasteiger partial charge in [0, 0.05) is 18.5 Å². The normalized spacial score (nSPS) is 21.0. The zero-order valence-corrected chi connectivity index (χ0v) is 11.8. The first-order chi connectivity index (χ1) is 9.66. The first kappa shape index (κ1) is 13.4. The van der Waals surface area contributed by atoms with Gasteiger partial charge in [-0.05, 0) is 49.3 Å². The lowest BCUT2D eigenvalue weighted by Crippen LogP contribution is -2.33. The number of aliphatic hydroxyl groups is 1. The van der Waals surface area contributed by atoms with Gasteiger partial charge in [-0.25, -0.2) is 0 Å². The Balaban J connectivity index is 1.67. The smallest absolute Gasteiger partial charge is 0.248 e. The molecule has 0 bridgehead atoms. The number of hydrogen-bond acceptors (Lipinski definition) is 3. The number of aliphatic hydroxyl groups excluding tert-OH is 1. The molecule has 1 aromatic carbocycles. The summed E-state index contributed by atoms with van der Waals surface area (Å²) in [5.41, 5.74) is 4.29. The molecule has 0 radical (unpaired) electrons. The number of amides is 1. The maximum atomic E-state index is 11.4. The van der Waals surface area contributed by atoms with Crippen LogP contribution in [-0.4, -0.2) is 30.3 Å². The van der Waals surface area contributed by atoms with E-state index < -0.39 is 6.10 Å². The number of nitrogens with one attached hydrogen (secondary N) is 1. The van der Waals surface area contributed by atoms with E-state index in [0.717, 1.165) is 38.0 Å². The summed E-state index contributed by atoms with van der Waals surface area (Å²) >= 11 is 0. The molecule has 1 aliphatic carbocycles. The second-order valence-electron chi connectivity index (χ2n) is 5.70. The minimum Gasteiger partial charge on any atom is -0.493 e. The molecule has 20 heavy (non-hydrogen) atoms. The summed E-state index contributed by atoms with van der Waals surface area (Å²) in [6.45, 7) is 2.90. The molecule has 2 N–H and O–H groups in total. The molecular formula is C16H21NO3. The summed E-state index contributed by atoms with van der Waals surface area (Å²) in [7, 11) is 0. The Kier molecular flexibility index (Phi) is 3.66. The van der Waals surface area contributed by atoms with Gasteiger partial charge in [-0.2, -0.15) is 0 Å². The van der Waals surface area contributed by atoms with Crippen LogP contribution in [-0.2, 0) is 17.6 Å². The Morgan fingerprint density at radius 1 is 1.50 bits per heavy atom. The predicted octanol–water partition coefficient (Wildman–Crippen LogP) is 1.54. The van der Waals surface area contributed by atoms with Crippen LogP contribution in [0, 0.1) is 0 Å². The number of fused-ring (bicyclic) bond motifs is 3. The van der Waals surface area contributed by atoms with Crippen molar-refractivity contribution < 1.29 is 14.6 Å². The molecular weight excluding hydrogens is 254 g/mol. The molecule has 3 rings (SSSR count). The van der Waals surface area contributed by atoms with Gasteiger partial charge in [-0.15, -0.1) is 0 Å². The van der Waals surface area contributed by atoms with Crippen LogP contribution in [0.1, 0.15) is 42.4 Å². The van der Waals surface area contributed by atoms with Gasteiger partial charge in [0.2, 0.25) is 5.91 Å². The van der Waals surface area contributed by atoms with Crippen LogP contribution in [0.15, 0.2) is 12.1 Å². The van der Waals surface area contributed by atoms with Crippen molar-refractivity contribution in [1.29, 1.82) is 0 Å². The van der Waals surface area contributed by atoms with E-state index in [1.165, 1.54) is 23.6 Å². The summed E-state index contributed by atoms with van der Waals surface area (Å²) in [5, 5.41) is 12.0. The molecule has 1 heterocycles. The van der Waals surface area contributed by atoms with Crippen molar-refractivity contribution in [2.45, 2.75) is 44.6 Å². The molecule has 0 saturated carbocycles. The fourth-order valence-corrected chi connectivity index (χ4v) is 3.36. The highest BCUT2D eigenvalue weighted by Crippen LogP contribution is 2.42. The molecule has 108 valence electrons. The third kappa shape index (κ3) is 2.40. The number of hydrogen-bond donors (Lipinski definition) is 2. The second kappa shape index (κ2) is 5.44. The molecule has 0 aromatic heterocycles. The van der Waals surface area contributed by atoms with Gasteiger partial charge in [0.05, 0.1) is 6.61 Å².